The summed E-state index contributed by atoms with van der Waals surface area (Å²) in [4.78, 5) is 2.08. The van der Waals surface area contributed by atoms with Crippen LogP contribution < -0.4 is 4.90 Å². The third-order valence-electron chi connectivity index (χ3n) is 2.21. The Morgan fingerprint density at radius 2 is 1.93 bits per heavy atom. The predicted molar refractivity (Wildman–Crippen MR) is 62.1 cm³/mol. The first-order chi connectivity index (χ1) is 6.66. The number of benzene rings is 2. The van der Waals surface area contributed by atoms with Gasteiger partial charge in [-0.1, -0.05) is 23.7 Å². The van der Waals surface area contributed by atoms with Crippen LogP contribution >= 0.6 is 11.6 Å². The van der Waals surface area contributed by atoms with Crippen molar-refractivity contribution in [2.45, 2.75) is 0 Å². The SMILES string of the molecule is CN(C)c1ccc2[c]c(Cl)ccc2c1. The largest absolute Gasteiger partial charge is 0.378 e. The smallest absolute Gasteiger partial charge is 0.0491 e. The lowest BCUT2D eigenvalue weighted by Crippen LogP contribution is -2.07. The zero-order valence-corrected chi connectivity index (χ0v) is 8.97. The van der Waals surface area contributed by atoms with Gasteiger partial charge in [0.2, 0.25) is 0 Å². The first-order valence-corrected chi connectivity index (χ1v) is 4.83. The van der Waals surface area contributed by atoms with Crippen molar-refractivity contribution in [3.05, 3.63) is 41.4 Å². The van der Waals surface area contributed by atoms with Crippen molar-refractivity contribution in [1.29, 1.82) is 0 Å². The molecule has 0 saturated carbocycles. The van der Waals surface area contributed by atoms with Gasteiger partial charge in [0, 0.05) is 30.9 Å². The van der Waals surface area contributed by atoms with E-state index < -0.39 is 0 Å². The van der Waals surface area contributed by atoms with E-state index in [2.05, 4.69) is 23.1 Å². The van der Waals surface area contributed by atoms with E-state index in [0.29, 0.717) is 5.02 Å². The summed E-state index contributed by atoms with van der Waals surface area (Å²) in [6.07, 6.45) is 0. The molecular weight excluding hydrogens is 194 g/mol. The summed E-state index contributed by atoms with van der Waals surface area (Å²) in [6.45, 7) is 0. The molecule has 0 bridgehead atoms. The normalized spacial score (nSPS) is 10.5. The Morgan fingerprint density at radius 1 is 1.14 bits per heavy atom. The Bertz CT molecular complexity index is 463. The molecule has 0 atom stereocenters. The van der Waals surface area contributed by atoms with Gasteiger partial charge in [-0.05, 0) is 29.0 Å². The monoisotopic (exact) mass is 204 g/mol. The second kappa shape index (κ2) is 3.50. The topological polar surface area (TPSA) is 3.24 Å². The van der Waals surface area contributed by atoms with Gasteiger partial charge in [-0.25, -0.2) is 0 Å². The fourth-order valence-electron chi connectivity index (χ4n) is 1.41. The van der Waals surface area contributed by atoms with E-state index in [1.54, 1.807) is 0 Å². The van der Waals surface area contributed by atoms with Gasteiger partial charge in [0.05, 0.1) is 0 Å². The number of hydrogen-bond acceptors (Lipinski definition) is 1. The van der Waals surface area contributed by atoms with Crippen molar-refractivity contribution >= 4 is 28.1 Å². The van der Waals surface area contributed by atoms with Crippen molar-refractivity contribution in [2.24, 2.45) is 0 Å². The molecule has 0 unspecified atom stereocenters. The molecule has 2 aromatic rings. The third kappa shape index (κ3) is 1.68. The van der Waals surface area contributed by atoms with E-state index in [9.17, 15) is 0 Å². The lowest BCUT2D eigenvalue weighted by molar-refractivity contribution is 1.14. The van der Waals surface area contributed by atoms with Crippen LogP contribution in [0.2, 0.25) is 5.02 Å². The van der Waals surface area contributed by atoms with Crippen LogP contribution in [0, 0.1) is 6.07 Å². The van der Waals surface area contributed by atoms with Crippen LogP contribution in [-0.4, -0.2) is 14.1 Å². The maximum absolute atomic E-state index is 5.86. The van der Waals surface area contributed by atoms with Crippen molar-refractivity contribution < 1.29 is 0 Å². The minimum Gasteiger partial charge on any atom is -0.378 e. The Morgan fingerprint density at radius 3 is 2.64 bits per heavy atom. The molecule has 0 aliphatic rings. The van der Waals surface area contributed by atoms with Crippen molar-refractivity contribution in [3.8, 4) is 0 Å². The highest BCUT2D eigenvalue weighted by Gasteiger charge is 1.98. The maximum atomic E-state index is 5.86. The number of fused-ring (bicyclic) bond motifs is 1. The lowest BCUT2D eigenvalue weighted by Gasteiger charge is -2.12. The fourth-order valence-corrected chi connectivity index (χ4v) is 1.58. The van der Waals surface area contributed by atoms with Gasteiger partial charge in [0.25, 0.3) is 0 Å². The molecule has 0 saturated heterocycles. The summed E-state index contributed by atoms with van der Waals surface area (Å²) < 4.78 is 0. The highest BCUT2D eigenvalue weighted by Crippen LogP contribution is 2.23. The van der Waals surface area contributed by atoms with E-state index in [1.165, 1.54) is 11.1 Å². The molecule has 0 amide bonds. The van der Waals surface area contributed by atoms with Gasteiger partial charge in [0.1, 0.15) is 0 Å². The second-order valence-electron chi connectivity index (χ2n) is 3.47. The number of nitrogens with zero attached hydrogens (tertiary/aromatic N) is 1. The fraction of sp³-hybridized carbons (Fsp3) is 0.167. The molecule has 0 heterocycles. The van der Waals surface area contributed by atoms with Gasteiger partial charge >= 0.3 is 0 Å². The molecule has 0 aliphatic heterocycles. The van der Waals surface area contributed by atoms with E-state index >= 15 is 0 Å². The molecule has 0 aliphatic carbocycles. The molecule has 2 rings (SSSR count). The van der Waals surface area contributed by atoms with E-state index in [4.69, 9.17) is 11.6 Å². The molecule has 2 aromatic carbocycles. The average Bonchev–Trinajstić information content (AvgIpc) is 2.16. The highest BCUT2D eigenvalue weighted by molar-refractivity contribution is 6.31. The van der Waals surface area contributed by atoms with Gasteiger partial charge < -0.3 is 4.90 Å². The minimum absolute atomic E-state index is 0.662. The molecule has 2 heteroatoms. The molecule has 0 spiro atoms. The molecule has 1 nitrogen and oxygen atoms in total. The maximum Gasteiger partial charge on any atom is 0.0491 e. The van der Waals surface area contributed by atoms with E-state index in [0.717, 1.165) is 5.39 Å². The number of anilines is 1. The summed E-state index contributed by atoms with van der Waals surface area (Å²) in [5.74, 6) is 0. The van der Waals surface area contributed by atoms with E-state index in [-0.39, 0.29) is 0 Å². The van der Waals surface area contributed by atoms with Gasteiger partial charge in [-0.3, -0.25) is 0 Å². The molecule has 0 fully saturated rings. The number of hydrogen-bond donors (Lipinski definition) is 0. The van der Waals surface area contributed by atoms with Crippen molar-refractivity contribution in [3.63, 3.8) is 0 Å². The van der Waals surface area contributed by atoms with Crippen LogP contribution in [0.5, 0.6) is 0 Å². The summed E-state index contributed by atoms with van der Waals surface area (Å²) in [5, 5.41) is 2.89. The average molecular weight is 205 g/mol. The summed E-state index contributed by atoms with van der Waals surface area (Å²) >= 11 is 5.86. The number of rotatable bonds is 1. The van der Waals surface area contributed by atoms with Gasteiger partial charge in [0.15, 0.2) is 0 Å². The molecule has 1 radical (unpaired) electrons. The van der Waals surface area contributed by atoms with Gasteiger partial charge in [-0.2, -0.15) is 0 Å². The first-order valence-electron chi connectivity index (χ1n) is 4.46. The van der Waals surface area contributed by atoms with Crippen LogP contribution in [0.25, 0.3) is 10.8 Å². The quantitative estimate of drug-likeness (QED) is 0.689. The molecular formula is C12H11ClN. The third-order valence-corrected chi connectivity index (χ3v) is 2.44. The highest BCUT2D eigenvalue weighted by atomic mass is 35.5. The molecule has 71 valence electrons. The Labute approximate surface area is 88.9 Å². The molecule has 0 aromatic heterocycles. The Hall–Kier alpha value is -1.21. The zero-order chi connectivity index (χ0) is 10.1. The van der Waals surface area contributed by atoms with Crippen molar-refractivity contribution in [1.82, 2.24) is 0 Å². The molecule has 14 heavy (non-hydrogen) atoms. The standard InChI is InChI=1S/C12H11ClN/c1-14(2)12-6-4-9-7-11(13)5-3-10(9)8-12/h3-6,8H,1-2H3. The first kappa shape index (κ1) is 9.35. The minimum atomic E-state index is 0.662. The van der Waals surface area contributed by atoms with Crippen molar-refractivity contribution in [2.75, 3.05) is 19.0 Å². The Balaban J connectivity index is 2.62. The second-order valence-corrected chi connectivity index (χ2v) is 3.88. The van der Waals surface area contributed by atoms with Gasteiger partial charge in [-0.15, -0.1) is 0 Å². The predicted octanol–water partition coefficient (Wildman–Crippen LogP) is 3.36. The van der Waals surface area contributed by atoms with Crippen LogP contribution in [0.3, 0.4) is 0 Å². The Kier molecular flexibility index (Phi) is 2.34. The summed E-state index contributed by atoms with van der Waals surface area (Å²) in [6, 6.07) is 13.2. The van der Waals surface area contributed by atoms with Crippen LogP contribution in [0.1, 0.15) is 0 Å². The summed E-state index contributed by atoms with van der Waals surface area (Å²) in [5.41, 5.74) is 1.19. The van der Waals surface area contributed by atoms with Crippen LogP contribution in [0.15, 0.2) is 30.3 Å². The molecule has 0 N–H and O–H groups in total. The summed E-state index contributed by atoms with van der Waals surface area (Å²) in [7, 11) is 4.06. The van der Waals surface area contributed by atoms with Crippen LogP contribution in [-0.2, 0) is 0 Å². The lowest BCUT2D eigenvalue weighted by atomic mass is 10.1. The zero-order valence-electron chi connectivity index (χ0n) is 8.21. The van der Waals surface area contributed by atoms with Crippen LogP contribution in [0.4, 0.5) is 5.69 Å². The number of halogens is 1. The van der Waals surface area contributed by atoms with E-state index in [1.807, 2.05) is 32.3 Å².